The van der Waals surface area contributed by atoms with E-state index in [-0.39, 0.29) is 12.0 Å². The highest BCUT2D eigenvalue weighted by atomic mass is 16.5. The number of ether oxygens (including phenoxy) is 2. The molecule has 140 valence electrons. The molecule has 0 bridgehead atoms. The molecular weight excluding hydrogens is 334 g/mol. The van der Waals surface area contributed by atoms with E-state index in [4.69, 9.17) is 14.0 Å². The van der Waals surface area contributed by atoms with E-state index in [1.165, 1.54) is 0 Å². The van der Waals surface area contributed by atoms with E-state index in [0.717, 1.165) is 31.5 Å². The summed E-state index contributed by atoms with van der Waals surface area (Å²) in [6, 6.07) is 9.72. The number of hydrogen-bond acceptors (Lipinski definition) is 7. The molecule has 1 aromatic carbocycles. The first kappa shape index (κ1) is 18.5. The van der Waals surface area contributed by atoms with Crippen molar-refractivity contribution in [2.24, 2.45) is 0 Å². The quantitative estimate of drug-likeness (QED) is 0.530. The molecule has 1 atom stereocenters. The Balaban J connectivity index is 1.57. The smallest absolute Gasteiger partial charge is 0.305 e. The average Bonchev–Trinajstić information content (AvgIpc) is 3.16. The van der Waals surface area contributed by atoms with E-state index in [2.05, 4.69) is 15.0 Å². The molecule has 0 radical (unpaired) electrons. The van der Waals surface area contributed by atoms with Crippen molar-refractivity contribution >= 4 is 5.97 Å². The number of morpholine rings is 1. The topological polar surface area (TPSA) is 77.7 Å². The molecule has 0 unspecified atom stereocenters. The molecule has 1 aliphatic heterocycles. The van der Waals surface area contributed by atoms with Gasteiger partial charge in [-0.1, -0.05) is 35.5 Å². The summed E-state index contributed by atoms with van der Waals surface area (Å²) in [6.45, 7) is 5.15. The van der Waals surface area contributed by atoms with Crippen LogP contribution in [0.2, 0.25) is 0 Å². The van der Waals surface area contributed by atoms with Crippen LogP contribution < -0.4 is 0 Å². The molecule has 0 aliphatic carbocycles. The molecule has 0 saturated carbocycles. The highest BCUT2D eigenvalue weighted by Crippen LogP contribution is 2.25. The zero-order valence-corrected chi connectivity index (χ0v) is 15.1. The summed E-state index contributed by atoms with van der Waals surface area (Å²) in [5.41, 5.74) is 0.931. The fourth-order valence-electron chi connectivity index (χ4n) is 3.03. The van der Waals surface area contributed by atoms with Crippen molar-refractivity contribution in [1.82, 2.24) is 15.0 Å². The van der Waals surface area contributed by atoms with Crippen LogP contribution in [0.15, 0.2) is 34.9 Å². The fourth-order valence-corrected chi connectivity index (χ4v) is 3.03. The molecule has 1 aliphatic rings. The Bertz CT molecular complexity index is 689. The van der Waals surface area contributed by atoms with Crippen LogP contribution in [0.3, 0.4) is 0 Å². The van der Waals surface area contributed by atoms with Gasteiger partial charge in [0.25, 0.3) is 0 Å². The lowest BCUT2D eigenvalue weighted by Gasteiger charge is -2.33. The van der Waals surface area contributed by atoms with Gasteiger partial charge < -0.3 is 14.0 Å². The van der Waals surface area contributed by atoms with E-state index in [0.29, 0.717) is 38.0 Å². The Morgan fingerprint density at radius 1 is 1.31 bits per heavy atom. The first-order chi connectivity index (χ1) is 12.8. The molecule has 3 rings (SSSR count). The van der Waals surface area contributed by atoms with Gasteiger partial charge in [-0.3, -0.25) is 9.69 Å². The first-order valence-corrected chi connectivity index (χ1v) is 9.14. The maximum atomic E-state index is 11.4. The zero-order chi connectivity index (χ0) is 18.2. The molecule has 26 heavy (non-hydrogen) atoms. The van der Waals surface area contributed by atoms with Gasteiger partial charge in [0.1, 0.15) is 6.04 Å². The Hall–Kier alpha value is -2.25. The molecule has 1 fully saturated rings. The van der Waals surface area contributed by atoms with Gasteiger partial charge in [-0.25, -0.2) is 0 Å². The number of carbonyl (C=O) groups excluding carboxylic acids is 1. The van der Waals surface area contributed by atoms with Crippen molar-refractivity contribution in [2.45, 2.75) is 32.2 Å². The van der Waals surface area contributed by atoms with E-state index < -0.39 is 0 Å². The second-order valence-corrected chi connectivity index (χ2v) is 6.21. The van der Waals surface area contributed by atoms with E-state index in [9.17, 15) is 4.79 Å². The van der Waals surface area contributed by atoms with Gasteiger partial charge in [-0.2, -0.15) is 4.98 Å². The Kier molecular flexibility index (Phi) is 6.74. The molecule has 7 nitrogen and oxygen atoms in total. The van der Waals surface area contributed by atoms with Gasteiger partial charge in [-0.05, 0) is 26.3 Å². The summed E-state index contributed by atoms with van der Waals surface area (Å²) in [4.78, 5) is 18.3. The molecule has 2 heterocycles. The molecule has 0 N–H and O–H groups in total. The fraction of sp³-hybridized carbons (Fsp3) is 0.526. The summed E-state index contributed by atoms with van der Waals surface area (Å²) in [6.07, 6.45) is 2.18. The average molecular weight is 359 g/mol. The minimum absolute atomic E-state index is 0.0451. The summed E-state index contributed by atoms with van der Waals surface area (Å²) in [7, 11) is 0. The van der Waals surface area contributed by atoms with Crippen molar-refractivity contribution in [3.8, 4) is 11.4 Å². The van der Waals surface area contributed by atoms with Gasteiger partial charge >= 0.3 is 5.97 Å². The van der Waals surface area contributed by atoms with Crippen molar-refractivity contribution in [3.05, 3.63) is 36.2 Å². The molecule has 1 saturated heterocycles. The van der Waals surface area contributed by atoms with E-state index in [1.54, 1.807) is 0 Å². The zero-order valence-electron chi connectivity index (χ0n) is 15.1. The van der Waals surface area contributed by atoms with Crippen LogP contribution in [0, 0.1) is 0 Å². The Labute approximate surface area is 153 Å². The normalized spacial score (nSPS) is 18.0. The number of benzene rings is 1. The summed E-state index contributed by atoms with van der Waals surface area (Å²) < 4.78 is 16.1. The lowest BCUT2D eigenvalue weighted by atomic mass is 10.1. The number of aromatic nitrogens is 2. The monoisotopic (exact) mass is 359 g/mol. The minimum Gasteiger partial charge on any atom is -0.466 e. The predicted octanol–water partition coefficient (Wildman–Crippen LogP) is 2.84. The van der Waals surface area contributed by atoms with Crippen LogP contribution in [-0.2, 0) is 14.3 Å². The molecule has 2 aromatic rings. The second-order valence-electron chi connectivity index (χ2n) is 6.21. The lowest BCUT2D eigenvalue weighted by Crippen LogP contribution is -2.40. The first-order valence-electron chi connectivity index (χ1n) is 9.14. The van der Waals surface area contributed by atoms with Gasteiger partial charge in [0, 0.05) is 18.5 Å². The number of unbranched alkanes of at least 4 members (excludes halogenated alkanes) is 1. The Morgan fingerprint density at radius 2 is 2.15 bits per heavy atom. The second kappa shape index (κ2) is 9.45. The van der Waals surface area contributed by atoms with Gasteiger partial charge in [0.2, 0.25) is 11.7 Å². The van der Waals surface area contributed by atoms with Crippen LogP contribution in [0.1, 0.15) is 38.1 Å². The van der Waals surface area contributed by atoms with Crippen molar-refractivity contribution in [1.29, 1.82) is 0 Å². The number of esters is 1. The Morgan fingerprint density at radius 3 is 2.96 bits per heavy atom. The van der Waals surface area contributed by atoms with Crippen LogP contribution in [0.5, 0.6) is 0 Å². The summed E-state index contributed by atoms with van der Waals surface area (Å²) >= 11 is 0. The SMILES string of the molecule is CCOC(=O)CCCCN1CCOC[C@@H]1c1nc(-c2ccccc2)no1. The molecule has 1 aromatic heterocycles. The highest BCUT2D eigenvalue weighted by molar-refractivity contribution is 5.69. The van der Waals surface area contributed by atoms with Crippen LogP contribution in [0.4, 0.5) is 0 Å². The number of rotatable bonds is 8. The third kappa shape index (κ3) is 4.89. The number of carbonyl (C=O) groups is 1. The standard InChI is InChI=1S/C19H25N3O4/c1-2-25-17(23)10-6-7-11-22-12-13-24-14-16(22)19-20-18(21-26-19)15-8-4-3-5-9-15/h3-5,8-9,16H,2,6-7,10-14H2,1H3/t16-/m1/s1. The van der Waals surface area contributed by atoms with E-state index in [1.807, 2.05) is 37.3 Å². The van der Waals surface area contributed by atoms with Crippen LogP contribution >= 0.6 is 0 Å². The number of hydrogen-bond donors (Lipinski definition) is 0. The molecule has 7 heteroatoms. The lowest BCUT2D eigenvalue weighted by molar-refractivity contribution is -0.143. The van der Waals surface area contributed by atoms with Crippen molar-refractivity contribution < 1.29 is 18.8 Å². The molecular formula is C19H25N3O4. The number of nitrogens with zero attached hydrogens (tertiary/aromatic N) is 3. The molecule has 0 spiro atoms. The van der Waals surface area contributed by atoms with Crippen LogP contribution in [0.25, 0.3) is 11.4 Å². The van der Waals surface area contributed by atoms with Gasteiger partial charge in [0.05, 0.1) is 19.8 Å². The predicted molar refractivity (Wildman–Crippen MR) is 95.4 cm³/mol. The van der Waals surface area contributed by atoms with Gasteiger partial charge in [0.15, 0.2) is 0 Å². The summed E-state index contributed by atoms with van der Waals surface area (Å²) in [5, 5.41) is 4.11. The van der Waals surface area contributed by atoms with Crippen molar-refractivity contribution in [2.75, 3.05) is 32.9 Å². The maximum absolute atomic E-state index is 11.4. The summed E-state index contributed by atoms with van der Waals surface area (Å²) in [5.74, 6) is 1.04. The third-order valence-electron chi connectivity index (χ3n) is 4.38. The third-order valence-corrected chi connectivity index (χ3v) is 4.38. The molecule has 0 amide bonds. The minimum atomic E-state index is -0.129. The van der Waals surface area contributed by atoms with Crippen LogP contribution in [-0.4, -0.2) is 53.9 Å². The van der Waals surface area contributed by atoms with Crippen molar-refractivity contribution in [3.63, 3.8) is 0 Å². The highest BCUT2D eigenvalue weighted by Gasteiger charge is 2.29. The maximum Gasteiger partial charge on any atom is 0.305 e. The van der Waals surface area contributed by atoms with Gasteiger partial charge in [-0.15, -0.1) is 0 Å². The largest absolute Gasteiger partial charge is 0.466 e. The van der Waals surface area contributed by atoms with E-state index >= 15 is 0 Å².